The molecular weight excluding hydrogens is 206 g/mol. The number of non-ortho nitro benzene ring substituents is 1. The topological polar surface area (TPSA) is 61.0 Å². The fourth-order valence-electron chi connectivity index (χ4n) is 1.58. The Balaban J connectivity index is 2.48. The van der Waals surface area contributed by atoms with Crippen LogP contribution in [0, 0.1) is 10.1 Å². The van der Waals surface area contributed by atoms with Crippen LogP contribution in [0.2, 0.25) is 0 Å². The highest BCUT2D eigenvalue weighted by atomic mass is 16.6. The lowest BCUT2D eigenvalue weighted by atomic mass is 10.2. The highest BCUT2D eigenvalue weighted by Gasteiger charge is 2.10. The number of benzene rings is 1. The molecule has 0 bridgehead atoms. The molecule has 0 aliphatic rings. The van der Waals surface area contributed by atoms with E-state index >= 15 is 0 Å². The monoisotopic (exact) mass is 217 g/mol. The Morgan fingerprint density at radius 2 is 2.31 bits per heavy atom. The lowest BCUT2D eigenvalue weighted by Gasteiger charge is -2.04. The summed E-state index contributed by atoms with van der Waals surface area (Å²) in [5.41, 5.74) is 0.851. The molecule has 0 amide bonds. The van der Waals surface area contributed by atoms with Crippen LogP contribution < -0.4 is 0 Å². The summed E-state index contributed by atoms with van der Waals surface area (Å²) in [5.74, 6) is 0.756. The van der Waals surface area contributed by atoms with Gasteiger partial charge in [0.05, 0.1) is 4.92 Å². The second-order valence-electron chi connectivity index (χ2n) is 3.34. The lowest BCUT2D eigenvalue weighted by molar-refractivity contribution is -0.384. The molecule has 16 heavy (non-hydrogen) atoms. The van der Waals surface area contributed by atoms with Crippen LogP contribution in [0.3, 0.4) is 0 Å². The molecule has 0 unspecified atom stereocenters. The number of hydrogen-bond acceptors (Lipinski definition) is 3. The van der Waals surface area contributed by atoms with E-state index in [4.69, 9.17) is 0 Å². The van der Waals surface area contributed by atoms with Gasteiger partial charge in [-0.25, -0.2) is 4.98 Å². The number of nitrogens with zero attached hydrogens (tertiary/aromatic N) is 3. The van der Waals surface area contributed by atoms with Gasteiger partial charge in [-0.15, -0.1) is 0 Å². The zero-order chi connectivity index (χ0) is 11.5. The van der Waals surface area contributed by atoms with Crippen LogP contribution in [0.5, 0.6) is 0 Å². The summed E-state index contributed by atoms with van der Waals surface area (Å²) in [4.78, 5) is 14.5. The molecule has 2 rings (SSSR count). The van der Waals surface area contributed by atoms with Crippen LogP contribution in [-0.4, -0.2) is 14.5 Å². The third-order valence-electron chi connectivity index (χ3n) is 2.37. The van der Waals surface area contributed by atoms with Gasteiger partial charge in [0.2, 0.25) is 0 Å². The van der Waals surface area contributed by atoms with Crippen molar-refractivity contribution in [2.75, 3.05) is 0 Å². The predicted octanol–water partition coefficient (Wildman–Crippen LogP) is 2.48. The van der Waals surface area contributed by atoms with Gasteiger partial charge in [-0.05, 0) is 6.92 Å². The van der Waals surface area contributed by atoms with Gasteiger partial charge in [-0.3, -0.25) is 10.1 Å². The Morgan fingerprint density at radius 3 is 3.00 bits per heavy atom. The van der Waals surface area contributed by atoms with E-state index in [1.807, 2.05) is 23.8 Å². The largest absolute Gasteiger partial charge is 0.331 e. The molecule has 5 heteroatoms. The van der Waals surface area contributed by atoms with Crippen LogP contribution in [0.25, 0.3) is 11.4 Å². The Hall–Kier alpha value is -2.17. The van der Waals surface area contributed by atoms with Gasteiger partial charge < -0.3 is 4.57 Å². The minimum absolute atomic E-state index is 0.0863. The maximum atomic E-state index is 10.7. The summed E-state index contributed by atoms with van der Waals surface area (Å²) in [6.45, 7) is 2.79. The summed E-state index contributed by atoms with van der Waals surface area (Å²) >= 11 is 0. The van der Waals surface area contributed by atoms with E-state index in [1.165, 1.54) is 12.1 Å². The molecule has 0 N–H and O–H groups in total. The number of aromatic nitrogens is 2. The van der Waals surface area contributed by atoms with Crippen LogP contribution in [0.1, 0.15) is 6.92 Å². The molecule has 0 aliphatic heterocycles. The highest BCUT2D eigenvalue weighted by Crippen LogP contribution is 2.22. The van der Waals surface area contributed by atoms with Gasteiger partial charge in [-0.2, -0.15) is 0 Å². The Morgan fingerprint density at radius 1 is 1.50 bits per heavy atom. The third-order valence-corrected chi connectivity index (χ3v) is 2.37. The number of rotatable bonds is 3. The lowest BCUT2D eigenvalue weighted by Crippen LogP contribution is -1.96. The zero-order valence-corrected chi connectivity index (χ0v) is 8.83. The smallest absolute Gasteiger partial charge is 0.270 e. The van der Waals surface area contributed by atoms with Gasteiger partial charge in [-0.1, -0.05) is 12.1 Å². The fraction of sp³-hybridized carbons (Fsp3) is 0.182. The van der Waals surface area contributed by atoms with E-state index < -0.39 is 4.92 Å². The molecule has 1 aromatic carbocycles. The minimum atomic E-state index is -0.400. The van der Waals surface area contributed by atoms with Crippen LogP contribution in [-0.2, 0) is 6.54 Å². The first-order valence-corrected chi connectivity index (χ1v) is 4.98. The summed E-state index contributed by atoms with van der Waals surface area (Å²) in [6.07, 6.45) is 3.55. The van der Waals surface area contributed by atoms with Crippen LogP contribution in [0.4, 0.5) is 5.69 Å². The third kappa shape index (κ3) is 1.79. The van der Waals surface area contributed by atoms with Crippen molar-refractivity contribution < 1.29 is 4.92 Å². The first-order valence-electron chi connectivity index (χ1n) is 4.98. The molecule has 1 heterocycles. The number of hydrogen-bond donors (Lipinski definition) is 0. The molecule has 0 saturated heterocycles. The molecule has 2 aromatic rings. The highest BCUT2D eigenvalue weighted by molar-refractivity contribution is 5.59. The van der Waals surface area contributed by atoms with Crippen LogP contribution >= 0.6 is 0 Å². The Bertz CT molecular complexity index is 519. The molecule has 82 valence electrons. The number of imidazole rings is 1. The van der Waals surface area contributed by atoms with Crippen molar-refractivity contribution in [1.29, 1.82) is 0 Å². The second kappa shape index (κ2) is 4.14. The second-order valence-corrected chi connectivity index (χ2v) is 3.34. The summed E-state index contributed by atoms with van der Waals surface area (Å²) in [7, 11) is 0. The van der Waals surface area contributed by atoms with Crippen molar-refractivity contribution in [3.63, 3.8) is 0 Å². The van der Waals surface area contributed by atoms with Crippen molar-refractivity contribution in [1.82, 2.24) is 9.55 Å². The summed E-state index contributed by atoms with van der Waals surface area (Å²) < 4.78 is 1.94. The van der Waals surface area contributed by atoms with E-state index in [1.54, 1.807) is 12.3 Å². The molecule has 0 spiro atoms. The van der Waals surface area contributed by atoms with Crippen molar-refractivity contribution in [2.24, 2.45) is 0 Å². The van der Waals surface area contributed by atoms with Crippen molar-refractivity contribution in [3.8, 4) is 11.4 Å². The van der Waals surface area contributed by atoms with Crippen molar-refractivity contribution in [2.45, 2.75) is 13.5 Å². The number of nitro groups is 1. The fourth-order valence-corrected chi connectivity index (χ4v) is 1.58. The quantitative estimate of drug-likeness (QED) is 0.586. The number of nitro benzene ring substituents is 1. The van der Waals surface area contributed by atoms with E-state index in [-0.39, 0.29) is 5.69 Å². The van der Waals surface area contributed by atoms with Gasteiger partial charge in [0.1, 0.15) is 5.82 Å². The van der Waals surface area contributed by atoms with Gasteiger partial charge in [0, 0.05) is 36.6 Å². The standard InChI is InChI=1S/C11H11N3O2/c1-2-13-7-6-12-11(13)9-4-3-5-10(8-9)14(15)16/h3-8H,2H2,1H3. The van der Waals surface area contributed by atoms with Gasteiger partial charge in [0.15, 0.2) is 0 Å². The first-order chi connectivity index (χ1) is 7.72. The van der Waals surface area contributed by atoms with Crippen molar-refractivity contribution >= 4 is 5.69 Å². The molecule has 5 nitrogen and oxygen atoms in total. The van der Waals surface area contributed by atoms with Crippen LogP contribution in [0.15, 0.2) is 36.7 Å². The van der Waals surface area contributed by atoms with E-state index in [0.29, 0.717) is 0 Å². The normalized spacial score (nSPS) is 10.3. The van der Waals surface area contributed by atoms with Gasteiger partial charge in [0.25, 0.3) is 5.69 Å². The number of aryl methyl sites for hydroxylation is 1. The maximum absolute atomic E-state index is 10.7. The van der Waals surface area contributed by atoms with Crippen molar-refractivity contribution in [3.05, 3.63) is 46.8 Å². The average Bonchev–Trinajstić information content (AvgIpc) is 2.77. The zero-order valence-electron chi connectivity index (χ0n) is 8.83. The first kappa shape index (κ1) is 10.4. The van der Waals surface area contributed by atoms with E-state index in [0.717, 1.165) is 17.9 Å². The Kier molecular flexibility index (Phi) is 2.68. The summed E-state index contributed by atoms with van der Waals surface area (Å²) in [5, 5.41) is 10.7. The Labute approximate surface area is 92.5 Å². The molecular formula is C11H11N3O2. The minimum Gasteiger partial charge on any atom is -0.331 e. The van der Waals surface area contributed by atoms with Gasteiger partial charge >= 0.3 is 0 Å². The summed E-state index contributed by atoms with van der Waals surface area (Å²) in [6, 6.07) is 6.50. The average molecular weight is 217 g/mol. The van der Waals surface area contributed by atoms with E-state index in [2.05, 4.69) is 4.98 Å². The molecule has 0 saturated carbocycles. The molecule has 0 fully saturated rings. The van der Waals surface area contributed by atoms with E-state index in [9.17, 15) is 10.1 Å². The molecule has 0 atom stereocenters. The molecule has 1 aromatic heterocycles. The molecule has 0 aliphatic carbocycles. The SMILES string of the molecule is CCn1ccnc1-c1cccc([N+](=O)[O-])c1. The maximum Gasteiger partial charge on any atom is 0.270 e. The molecule has 0 radical (unpaired) electrons. The predicted molar refractivity (Wildman–Crippen MR) is 60.0 cm³/mol.